The van der Waals surface area contributed by atoms with E-state index < -0.39 is 0 Å². The average molecular weight is 328 g/mol. The molecule has 1 fully saturated rings. The largest absolute Gasteiger partial charge is 0.490 e. The molecule has 4 heteroatoms. The van der Waals surface area contributed by atoms with Gasteiger partial charge in [-0.25, -0.2) is 0 Å². The van der Waals surface area contributed by atoms with Crippen molar-refractivity contribution in [3.63, 3.8) is 0 Å². The van der Waals surface area contributed by atoms with E-state index in [0.717, 1.165) is 34.5 Å². The highest BCUT2D eigenvalue weighted by Crippen LogP contribution is 2.30. The van der Waals surface area contributed by atoms with E-state index in [4.69, 9.17) is 22.7 Å². The number of benzene rings is 1. The summed E-state index contributed by atoms with van der Waals surface area (Å²) in [6, 6.07) is 5.82. The minimum atomic E-state index is 0.294. The molecule has 1 aliphatic carbocycles. The number of thiocarbonyl (C=S) groups is 1. The molecule has 2 rings (SSSR count). The summed E-state index contributed by atoms with van der Waals surface area (Å²) in [5.74, 6) is 1.55. The molecule has 2 nitrogen and oxygen atoms in total. The highest BCUT2D eigenvalue weighted by molar-refractivity contribution is 9.10. The van der Waals surface area contributed by atoms with Crippen LogP contribution in [0, 0.1) is 5.92 Å². The molecule has 2 N–H and O–H groups in total. The van der Waals surface area contributed by atoms with Crippen LogP contribution in [-0.2, 0) is 0 Å². The van der Waals surface area contributed by atoms with Gasteiger partial charge in [0.1, 0.15) is 10.7 Å². The number of hydrogen-bond donors (Lipinski definition) is 1. The number of hydrogen-bond acceptors (Lipinski definition) is 2. The predicted octanol–water partition coefficient (Wildman–Crippen LogP) is 4.04. The van der Waals surface area contributed by atoms with Gasteiger partial charge in [0.05, 0.1) is 11.7 Å². The van der Waals surface area contributed by atoms with Crippen molar-refractivity contribution in [3.05, 3.63) is 28.2 Å². The molecule has 0 heterocycles. The van der Waals surface area contributed by atoms with E-state index in [9.17, 15) is 0 Å². The van der Waals surface area contributed by atoms with Gasteiger partial charge >= 0.3 is 0 Å². The van der Waals surface area contributed by atoms with Crippen LogP contribution < -0.4 is 10.5 Å². The summed E-state index contributed by atoms with van der Waals surface area (Å²) in [6.07, 6.45) is 5.08. The standard InChI is InChI=1S/C14H18BrNOS/c1-9-3-2-4-11(7-9)17-13-6-5-10(15)8-12(13)14(16)18/h5-6,8-9,11H,2-4,7H2,1H3,(H2,16,18). The first-order valence-corrected chi connectivity index (χ1v) is 7.52. The van der Waals surface area contributed by atoms with Crippen molar-refractivity contribution in [2.45, 2.75) is 38.7 Å². The van der Waals surface area contributed by atoms with E-state index in [1.54, 1.807) is 0 Å². The first kappa shape index (κ1) is 13.8. The summed E-state index contributed by atoms with van der Waals surface area (Å²) < 4.78 is 7.05. The lowest BCUT2D eigenvalue weighted by atomic mass is 9.88. The first-order chi connectivity index (χ1) is 8.56. The van der Waals surface area contributed by atoms with E-state index in [-0.39, 0.29) is 0 Å². The Morgan fingerprint density at radius 1 is 1.44 bits per heavy atom. The highest BCUT2D eigenvalue weighted by atomic mass is 79.9. The maximum Gasteiger partial charge on any atom is 0.129 e. The predicted molar refractivity (Wildman–Crippen MR) is 82.1 cm³/mol. The van der Waals surface area contributed by atoms with Crippen molar-refractivity contribution in [2.24, 2.45) is 11.7 Å². The van der Waals surface area contributed by atoms with E-state index >= 15 is 0 Å². The van der Waals surface area contributed by atoms with Gasteiger partial charge in [0.2, 0.25) is 0 Å². The Hall–Kier alpha value is -0.610. The zero-order chi connectivity index (χ0) is 13.1. The van der Waals surface area contributed by atoms with E-state index in [0.29, 0.717) is 11.1 Å². The van der Waals surface area contributed by atoms with Crippen molar-refractivity contribution in [1.29, 1.82) is 0 Å². The molecule has 0 amide bonds. The molecule has 0 spiro atoms. The van der Waals surface area contributed by atoms with Crippen LogP contribution in [0.15, 0.2) is 22.7 Å². The summed E-state index contributed by atoms with van der Waals surface area (Å²) in [6.45, 7) is 2.28. The maximum atomic E-state index is 6.08. The van der Waals surface area contributed by atoms with Gasteiger partial charge in [-0.2, -0.15) is 0 Å². The van der Waals surface area contributed by atoms with Gasteiger partial charge in [0.25, 0.3) is 0 Å². The van der Waals surface area contributed by atoms with Gasteiger partial charge in [0.15, 0.2) is 0 Å². The Morgan fingerprint density at radius 2 is 2.22 bits per heavy atom. The Bertz CT molecular complexity index is 449. The SMILES string of the molecule is CC1CCCC(Oc2ccc(Br)cc2C(N)=S)C1. The lowest BCUT2D eigenvalue weighted by Crippen LogP contribution is -2.25. The normalized spacial score (nSPS) is 23.7. The maximum absolute atomic E-state index is 6.08. The van der Waals surface area contributed by atoms with Crippen LogP contribution in [0.25, 0.3) is 0 Å². The monoisotopic (exact) mass is 327 g/mol. The number of halogens is 1. The van der Waals surface area contributed by atoms with Crippen molar-refractivity contribution in [3.8, 4) is 5.75 Å². The van der Waals surface area contributed by atoms with Crippen LogP contribution in [0.4, 0.5) is 0 Å². The minimum absolute atomic E-state index is 0.294. The topological polar surface area (TPSA) is 35.2 Å². The quantitative estimate of drug-likeness (QED) is 0.851. The molecule has 0 bridgehead atoms. The molecule has 2 atom stereocenters. The van der Waals surface area contributed by atoms with Crippen molar-refractivity contribution >= 4 is 33.1 Å². The Kier molecular flexibility index (Phi) is 4.62. The second-order valence-electron chi connectivity index (χ2n) is 5.02. The van der Waals surface area contributed by atoms with E-state index in [1.165, 1.54) is 12.8 Å². The highest BCUT2D eigenvalue weighted by Gasteiger charge is 2.21. The van der Waals surface area contributed by atoms with Crippen LogP contribution in [0.2, 0.25) is 0 Å². The molecule has 0 saturated heterocycles. The minimum Gasteiger partial charge on any atom is -0.490 e. The molecule has 98 valence electrons. The summed E-state index contributed by atoms with van der Waals surface area (Å²) in [7, 11) is 0. The number of ether oxygens (including phenoxy) is 1. The Labute approximate surface area is 122 Å². The van der Waals surface area contributed by atoms with Crippen molar-refractivity contribution < 1.29 is 4.74 Å². The molecular weight excluding hydrogens is 310 g/mol. The third-order valence-electron chi connectivity index (χ3n) is 3.39. The van der Waals surface area contributed by atoms with E-state index in [2.05, 4.69) is 22.9 Å². The van der Waals surface area contributed by atoms with Crippen LogP contribution in [0.5, 0.6) is 5.75 Å². The second-order valence-corrected chi connectivity index (χ2v) is 6.37. The van der Waals surface area contributed by atoms with Gasteiger partial charge in [0, 0.05) is 4.47 Å². The van der Waals surface area contributed by atoms with Gasteiger partial charge < -0.3 is 10.5 Å². The Morgan fingerprint density at radius 3 is 2.89 bits per heavy atom. The number of rotatable bonds is 3. The summed E-state index contributed by atoms with van der Waals surface area (Å²) in [4.78, 5) is 0.384. The molecule has 0 aromatic heterocycles. The summed E-state index contributed by atoms with van der Waals surface area (Å²) >= 11 is 8.51. The zero-order valence-corrected chi connectivity index (χ0v) is 12.9. The van der Waals surface area contributed by atoms with Crippen LogP contribution in [0.1, 0.15) is 38.2 Å². The van der Waals surface area contributed by atoms with E-state index in [1.807, 2.05) is 18.2 Å². The fourth-order valence-corrected chi connectivity index (χ4v) is 2.98. The first-order valence-electron chi connectivity index (χ1n) is 6.32. The van der Waals surface area contributed by atoms with Crippen molar-refractivity contribution in [2.75, 3.05) is 0 Å². The van der Waals surface area contributed by atoms with Gasteiger partial charge in [-0.3, -0.25) is 0 Å². The Balaban J connectivity index is 2.15. The molecule has 1 saturated carbocycles. The van der Waals surface area contributed by atoms with Crippen LogP contribution in [-0.4, -0.2) is 11.1 Å². The van der Waals surface area contributed by atoms with Crippen LogP contribution in [0.3, 0.4) is 0 Å². The third-order valence-corrected chi connectivity index (χ3v) is 4.10. The molecule has 18 heavy (non-hydrogen) atoms. The molecule has 1 aromatic carbocycles. The third kappa shape index (κ3) is 3.45. The summed E-state index contributed by atoms with van der Waals surface area (Å²) in [5.41, 5.74) is 6.56. The fourth-order valence-electron chi connectivity index (χ4n) is 2.46. The zero-order valence-electron chi connectivity index (χ0n) is 10.5. The van der Waals surface area contributed by atoms with Gasteiger partial charge in [-0.15, -0.1) is 0 Å². The second kappa shape index (κ2) is 6.02. The fraction of sp³-hybridized carbons (Fsp3) is 0.500. The van der Waals surface area contributed by atoms with Gasteiger partial charge in [-0.05, 0) is 43.4 Å². The molecule has 0 radical (unpaired) electrons. The molecule has 0 aliphatic heterocycles. The lowest BCUT2D eigenvalue weighted by Gasteiger charge is -2.28. The lowest BCUT2D eigenvalue weighted by molar-refractivity contribution is 0.129. The van der Waals surface area contributed by atoms with Crippen LogP contribution >= 0.6 is 28.1 Å². The summed E-state index contributed by atoms with van der Waals surface area (Å²) in [5, 5.41) is 0. The molecule has 1 aromatic rings. The smallest absolute Gasteiger partial charge is 0.129 e. The molecule has 2 unspecified atom stereocenters. The number of nitrogens with two attached hydrogens (primary N) is 1. The molecular formula is C14H18BrNOS. The average Bonchev–Trinajstić information content (AvgIpc) is 2.31. The van der Waals surface area contributed by atoms with Gasteiger partial charge in [-0.1, -0.05) is 41.5 Å². The molecule has 1 aliphatic rings. The van der Waals surface area contributed by atoms with Crippen molar-refractivity contribution in [1.82, 2.24) is 0 Å².